The van der Waals surface area contributed by atoms with Crippen LogP contribution < -0.4 is 16.0 Å². The van der Waals surface area contributed by atoms with Crippen molar-refractivity contribution in [2.45, 2.75) is 0 Å². The van der Waals surface area contributed by atoms with Crippen LogP contribution in [0.3, 0.4) is 0 Å². The van der Waals surface area contributed by atoms with Crippen LogP contribution in [0.5, 0.6) is 0 Å². The van der Waals surface area contributed by atoms with Crippen molar-refractivity contribution in [1.82, 2.24) is 10.6 Å². The smallest absolute Gasteiger partial charge is 0.337 e. The number of carboxylic acids is 1. The lowest BCUT2D eigenvalue weighted by molar-refractivity contribution is -0.120. The molecule has 12 heteroatoms. The number of anilines is 1. The Morgan fingerprint density at radius 1 is 0.960 bits per heavy atom. The molecule has 0 spiro atoms. The summed E-state index contributed by atoms with van der Waals surface area (Å²) in [6.45, 7) is -1.08. The first-order valence-electron chi connectivity index (χ1n) is 6.48. The van der Waals surface area contributed by atoms with Crippen LogP contribution in [-0.2, 0) is 9.59 Å². The summed E-state index contributed by atoms with van der Waals surface area (Å²) in [5.41, 5.74) is -0.0146. The van der Waals surface area contributed by atoms with E-state index >= 15 is 0 Å². The molecule has 3 amide bonds. The van der Waals surface area contributed by atoms with Gasteiger partial charge in [-0.25, -0.2) is 4.79 Å². The maximum atomic E-state index is 12.4. The number of carbonyl (C=O) groups excluding carboxylic acids is 3. The van der Waals surface area contributed by atoms with Crippen molar-refractivity contribution in [3.8, 4) is 0 Å². The fourth-order valence-electron chi connectivity index (χ4n) is 1.68. The highest BCUT2D eigenvalue weighted by Crippen LogP contribution is 2.35. The van der Waals surface area contributed by atoms with Crippen LogP contribution in [0.25, 0.3) is 0 Å². The molecule has 0 saturated carbocycles. The normalized spacial score (nSPS) is 10.1. The Morgan fingerprint density at radius 2 is 1.52 bits per heavy atom. The summed E-state index contributed by atoms with van der Waals surface area (Å²) in [7, 11) is 1.41. The Balaban J connectivity index is 3.50. The standard InChI is InChI=1S/C13H12I3N3O6/c1-17-4(21)2-18-12(23)6-8(14)7(13(24)25)10(16)11(9(6)15)19-5(22)3-20/h20H,2-3H2,1H3,(H,17,21)(H,18,23)(H,19,22)(H,24,25). The van der Waals surface area contributed by atoms with Gasteiger partial charge in [0, 0.05) is 10.6 Å². The first kappa shape index (κ1) is 22.3. The molecule has 9 nitrogen and oxygen atoms in total. The Kier molecular flexibility index (Phi) is 8.75. The van der Waals surface area contributed by atoms with Gasteiger partial charge in [-0.15, -0.1) is 0 Å². The second kappa shape index (κ2) is 9.81. The molecule has 136 valence electrons. The summed E-state index contributed by atoms with van der Waals surface area (Å²) in [5.74, 6) is -3.10. The maximum absolute atomic E-state index is 12.4. The number of halogens is 3. The molecule has 1 aromatic carbocycles. The van der Waals surface area contributed by atoms with Crippen molar-refractivity contribution >= 4 is 97.2 Å². The van der Waals surface area contributed by atoms with Gasteiger partial charge in [-0.05, 0) is 67.8 Å². The van der Waals surface area contributed by atoms with Crippen LogP contribution in [0.4, 0.5) is 5.69 Å². The number of hydrogen-bond donors (Lipinski definition) is 5. The van der Waals surface area contributed by atoms with E-state index in [0.29, 0.717) is 3.57 Å². The molecular weight excluding hydrogens is 675 g/mol. The number of benzene rings is 1. The summed E-state index contributed by atoms with van der Waals surface area (Å²) in [4.78, 5) is 46.8. The highest BCUT2D eigenvalue weighted by Gasteiger charge is 2.28. The molecule has 0 heterocycles. The van der Waals surface area contributed by atoms with Gasteiger partial charge in [0.15, 0.2) is 0 Å². The van der Waals surface area contributed by atoms with Gasteiger partial charge in [0.25, 0.3) is 5.91 Å². The van der Waals surface area contributed by atoms with Crippen molar-refractivity contribution < 1.29 is 29.4 Å². The molecular formula is C13H12I3N3O6. The molecule has 0 fully saturated rings. The zero-order valence-electron chi connectivity index (χ0n) is 12.6. The van der Waals surface area contributed by atoms with Crippen molar-refractivity contribution in [3.63, 3.8) is 0 Å². The van der Waals surface area contributed by atoms with Gasteiger partial charge in [0.05, 0.1) is 30.5 Å². The molecule has 0 aliphatic heterocycles. The van der Waals surface area contributed by atoms with Gasteiger partial charge in [0.2, 0.25) is 11.8 Å². The number of carbonyl (C=O) groups is 4. The lowest BCUT2D eigenvalue weighted by Gasteiger charge is -2.17. The molecule has 0 atom stereocenters. The summed E-state index contributed by atoms with van der Waals surface area (Å²) in [5, 5.41) is 25.5. The quantitative estimate of drug-likeness (QED) is 0.278. The van der Waals surface area contributed by atoms with Crippen LogP contribution in [0.1, 0.15) is 20.7 Å². The summed E-state index contributed by atoms with van der Waals surface area (Å²) in [6, 6.07) is 0. The van der Waals surface area contributed by atoms with E-state index in [9.17, 15) is 24.3 Å². The largest absolute Gasteiger partial charge is 0.478 e. The van der Waals surface area contributed by atoms with E-state index in [4.69, 9.17) is 5.11 Å². The third-order valence-electron chi connectivity index (χ3n) is 2.85. The third-order valence-corrected chi connectivity index (χ3v) is 6.09. The number of aliphatic hydroxyl groups is 1. The van der Waals surface area contributed by atoms with Crippen LogP contribution in [0.15, 0.2) is 0 Å². The van der Waals surface area contributed by atoms with Gasteiger partial charge >= 0.3 is 5.97 Å². The molecule has 0 aromatic heterocycles. The van der Waals surface area contributed by atoms with E-state index in [-0.39, 0.29) is 30.5 Å². The van der Waals surface area contributed by atoms with Crippen molar-refractivity contribution in [3.05, 3.63) is 21.8 Å². The first-order chi connectivity index (χ1) is 11.6. The van der Waals surface area contributed by atoms with E-state index < -0.39 is 30.3 Å². The lowest BCUT2D eigenvalue weighted by Crippen LogP contribution is -2.36. The number of aliphatic hydroxyl groups excluding tert-OH is 1. The van der Waals surface area contributed by atoms with E-state index in [1.54, 1.807) is 67.8 Å². The number of hydrogen-bond acceptors (Lipinski definition) is 5. The minimum atomic E-state index is -1.27. The monoisotopic (exact) mass is 687 g/mol. The third kappa shape index (κ3) is 5.36. The Labute approximate surface area is 183 Å². The molecule has 0 bridgehead atoms. The molecule has 0 saturated heterocycles. The van der Waals surface area contributed by atoms with Crippen LogP contribution in [0.2, 0.25) is 0 Å². The topological polar surface area (TPSA) is 145 Å². The molecule has 1 rings (SSSR count). The molecule has 0 unspecified atom stereocenters. The molecule has 0 radical (unpaired) electrons. The number of carboxylic acid groups (broad SMARTS) is 1. The average Bonchev–Trinajstić information content (AvgIpc) is 2.55. The molecule has 25 heavy (non-hydrogen) atoms. The number of likely N-dealkylation sites (N-methyl/N-ethyl adjacent to an activating group) is 1. The Bertz CT molecular complexity index is 753. The second-order valence-electron chi connectivity index (χ2n) is 4.43. The van der Waals surface area contributed by atoms with Crippen molar-refractivity contribution in [1.29, 1.82) is 0 Å². The highest BCUT2D eigenvalue weighted by molar-refractivity contribution is 14.1. The first-order valence-corrected chi connectivity index (χ1v) is 9.72. The Morgan fingerprint density at radius 3 is 2.00 bits per heavy atom. The fraction of sp³-hybridized carbons (Fsp3) is 0.231. The van der Waals surface area contributed by atoms with E-state index in [1.807, 2.05) is 0 Å². The van der Waals surface area contributed by atoms with Crippen molar-refractivity contribution in [2.24, 2.45) is 0 Å². The van der Waals surface area contributed by atoms with E-state index in [2.05, 4.69) is 16.0 Å². The minimum absolute atomic E-state index is 0.0242. The fourth-order valence-corrected chi connectivity index (χ4v) is 6.06. The van der Waals surface area contributed by atoms with Gasteiger partial charge in [-0.3, -0.25) is 14.4 Å². The van der Waals surface area contributed by atoms with Gasteiger partial charge in [0.1, 0.15) is 6.61 Å². The maximum Gasteiger partial charge on any atom is 0.337 e. The zero-order valence-corrected chi connectivity index (χ0v) is 19.0. The summed E-state index contributed by atoms with van der Waals surface area (Å²) >= 11 is 5.29. The van der Waals surface area contributed by atoms with Crippen LogP contribution in [-0.4, -0.2) is 54.1 Å². The van der Waals surface area contributed by atoms with Gasteiger partial charge in [-0.1, -0.05) is 0 Å². The van der Waals surface area contributed by atoms with Gasteiger partial charge < -0.3 is 26.2 Å². The van der Waals surface area contributed by atoms with Crippen LogP contribution >= 0.6 is 67.8 Å². The molecule has 1 aromatic rings. The van der Waals surface area contributed by atoms with Gasteiger partial charge in [-0.2, -0.15) is 0 Å². The summed E-state index contributed by atoms with van der Waals surface area (Å²) in [6.07, 6.45) is 0. The highest BCUT2D eigenvalue weighted by atomic mass is 127. The molecule has 0 aliphatic rings. The Hall–Kier alpha value is -0.750. The van der Waals surface area contributed by atoms with E-state index in [1.165, 1.54) is 7.05 Å². The number of nitrogens with one attached hydrogen (secondary N) is 3. The minimum Gasteiger partial charge on any atom is -0.478 e. The number of aromatic carboxylic acids is 1. The molecule has 0 aliphatic carbocycles. The van der Waals surface area contributed by atoms with Crippen molar-refractivity contribution in [2.75, 3.05) is 25.5 Å². The van der Waals surface area contributed by atoms with E-state index in [0.717, 1.165) is 0 Å². The predicted octanol–water partition coefficient (Wildman–Crippen LogP) is 0.605. The summed E-state index contributed by atoms with van der Waals surface area (Å²) < 4.78 is 0.700. The second-order valence-corrected chi connectivity index (χ2v) is 7.67. The number of rotatable bonds is 6. The molecule has 5 N–H and O–H groups in total. The van der Waals surface area contributed by atoms with Crippen LogP contribution in [0, 0.1) is 10.7 Å². The average molecular weight is 687 g/mol. The predicted molar refractivity (Wildman–Crippen MR) is 114 cm³/mol. The SMILES string of the molecule is CNC(=O)CNC(=O)c1c(I)c(NC(=O)CO)c(I)c(C(=O)O)c1I. The lowest BCUT2D eigenvalue weighted by atomic mass is 10.1. The zero-order chi connectivity index (χ0) is 19.3. The number of amides is 3.